The van der Waals surface area contributed by atoms with Crippen molar-refractivity contribution >= 4 is 5.69 Å². The minimum Gasteiger partial charge on any atom is -0.399 e. The average Bonchev–Trinajstić information content (AvgIpc) is 3.56. The van der Waals surface area contributed by atoms with Crippen LogP contribution in [0.4, 0.5) is 5.69 Å². The smallest absolute Gasteiger partial charge is 0.180 e. The molecule has 5 aromatic rings. The van der Waals surface area contributed by atoms with Gasteiger partial charge in [-0.15, -0.1) is 5.10 Å². The van der Waals surface area contributed by atoms with Gasteiger partial charge in [0.1, 0.15) is 0 Å². The predicted molar refractivity (Wildman–Crippen MR) is 137 cm³/mol. The zero-order valence-electron chi connectivity index (χ0n) is 19.7. The fourth-order valence-electron chi connectivity index (χ4n) is 4.16. The number of aromatic amines is 1. The highest BCUT2D eigenvalue weighted by atomic mass is 15.5. The van der Waals surface area contributed by atoms with Gasteiger partial charge in [0.15, 0.2) is 17.5 Å². The number of nitrogen functional groups attached to an aromatic ring is 1. The lowest BCUT2D eigenvalue weighted by Gasteiger charge is -2.10. The first-order valence-corrected chi connectivity index (χ1v) is 11.9. The number of H-pyrrole nitrogens is 1. The van der Waals surface area contributed by atoms with Gasteiger partial charge in [-0.2, -0.15) is 5.10 Å². The van der Waals surface area contributed by atoms with Crippen molar-refractivity contribution in [2.45, 2.75) is 39.2 Å². The van der Waals surface area contributed by atoms with Gasteiger partial charge in [-0.3, -0.25) is 0 Å². The molecule has 5 rings (SSSR count). The van der Waals surface area contributed by atoms with E-state index in [9.17, 15) is 0 Å². The number of benzene rings is 3. The lowest BCUT2D eigenvalue weighted by Crippen LogP contribution is -2.05. The minimum absolute atomic E-state index is 0.633. The van der Waals surface area contributed by atoms with E-state index in [1.807, 2.05) is 47.1 Å². The van der Waals surface area contributed by atoms with Crippen molar-refractivity contribution in [2.24, 2.45) is 0 Å². The normalized spacial score (nSPS) is 11.1. The van der Waals surface area contributed by atoms with Crippen LogP contribution in [0.15, 0.2) is 72.8 Å². The lowest BCUT2D eigenvalue weighted by atomic mass is 9.98. The summed E-state index contributed by atoms with van der Waals surface area (Å²) >= 11 is 0. The Hall–Kier alpha value is -4.33. The van der Waals surface area contributed by atoms with Crippen LogP contribution in [0.1, 0.15) is 37.6 Å². The fourth-order valence-corrected chi connectivity index (χ4v) is 4.16. The molecule has 35 heavy (non-hydrogen) atoms. The molecular formula is C27H28N8. The SMILES string of the molecule is CCCCCc1nc(-c2ccc(N)cc2)n(Cc2ccc(-c3ccccc3-c3nnn[nH]3)cc2)n1. The summed E-state index contributed by atoms with van der Waals surface area (Å²) in [5, 5.41) is 19.2. The van der Waals surface area contributed by atoms with E-state index in [1.54, 1.807) is 0 Å². The van der Waals surface area contributed by atoms with E-state index >= 15 is 0 Å². The molecule has 0 aliphatic carbocycles. The zero-order valence-corrected chi connectivity index (χ0v) is 19.7. The Morgan fingerprint density at radius 3 is 2.31 bits per heavy atom. The largest absolute Gasteiger partial charge is 0.399 e. The summed E-state index contributed by atoms with van der Waals surface area (Å²) in [5.74, 6) is 2.40. The number of aryl methyl sites for hydroxylation is 1. The Balaban J connectivity index is 1.42. The maximum absolute atomic E-state index is 5.90. The summed E-state index contributed by atoms with van der Waals surface area (Å²) in [4.78, 5) is 4.87. The summed E-state index contributed by atoms with van der Waals surface area (Å²) in [6, 6.07) is 24.4. The van der Waals surface area contributed by atoms with Crippen LogP contribution in [-0.2, 0) is 13.0 Å². The highest BCUT2D eigenvalue weighted by molar-refractivity contribution is 5.80. The number of tetrazole rings is 1. The molecule has 2 heterocycles. The Kier molecular flexibility index (Phi) is 6.61. The van der Waals surface area contributed by atoms with Gasteiger partial charge in [0.25, 0.3) is 0 Å². The first-order chi connectivity index (χ1) is 17.2. The van der Waals surface area contributed by atoms with Crippen LogP contribution in [-0.4, -0.2) is 35.4 Å². The first kappa shape index (κ1) is 22.5. The molecule has 0 aliphatic rings. The number of rotatable bonds is 9. The summed E-state index contributed by atoms with van der Waals surface area (Å²) in [5.41, 5.74) is 11.9. The number of nitrogens with zero attached hydrogens (tertiary/aromatic N) is 6. The second kappa shape index (κ2) is 10.3. The quantitative estimate of drug-likeness (QED) is 0.230. The first-order valence-electron chi connectivity index (χ1n) is 11.9. The molecule has 0 radical (unpaired) electrons. The maximum Gasteiger partial charge on any atom is 0.180 e. The van der Waals surface area contributed by atoms with Gasteiger partial charge in [0.2, 0.25) is 0 Å². The van der Waals surface area contributed by atoms with E-state index in [4.69, 9.17) is 15.8 Å². The monoisotopic (exact) mass is 464 g/mol. The Bertz CT molecular complexity index is 1370. The van der Waals surface area contributed by atoms with Gasteiger partial charge >= 0.3 is 0 Å². The summed E-state index contributed by atoms with van der Waals surface area (Å²) < 4.78 is 2.00. The van der Waals surface area contributed by atoms with Crippen molar-refractivity contribution in [3.05, 3.63) is 84.2 Å². The van der Waals surface area contributed by atoms with E-state index in [0.717, 1.165) is 58.0 Å². The Labute approximate surface area is 204 Å². The topological polar surface area (TPSA) is 111 Å². The zero-order chi connectivity index (χ0) is 24.0. The van der Waals surface area contributed by atoms with Crippen LogP contribution in [0, 0.1) is 0 Å². The molecule has 0 amide bonds. The van der Waals surface area contributed by atoms with Crippen LogP contribution >= 0.6 is 0 Å². The molecule has 0 fully saturated rings. The molecule has 8 heteroatoms. The van der Waals surface area contributed by atoms with E-state index in [-0.39, 0.29) is 0 Å². The van der Waals surface area contributed by atoms with E-state index in [0.29, 0.717) is 12.4 Å². The van der Waals surface area contributed by atoms with Crippen LogP contribution < -0.4 is 5.73 Å². The number of unbranched alkanes of at least 4 members (excludes halogenated alkanes) is 2. The molecule has 8 nitrogen and oxygen atoms in total. The Morgan fingerprint density at radius 1 is 0.857 bits per heavy atom. The van der Waals surface area contributed by atoms with Gasteiger partial charge in [-0.1, -0.05) is 68.3 Å². The molecule has 0 atom stereocenters. The van der Waals surface area contributed by atoms with Crippen LogP contribution in [0.3, 0.4) is 0 Å². The Morgan fingerprint density at radius 2 is 1.60 bits per heavy atom. The van der Waals surface area contributed by atoms with Crippen LogP contribution in [0.5, 0.6) is 0 Å². The third-order valence-electron chi connectivity index (χ3n) is 6.01. The number of anilines is 1. The molecule has 0 saturated carbocycles. The van der Waals surface area contributed by atoms with Gasteiger partial charge in [-0.05, 0) is 57.8 Å². The van der Waals surface area contributed by atoms with Crippen LogP contribution in [0.25, 0.3) is 33.9 Å². The van der Waals surface area contributed by atoms with E-state index in [2.05, 4.69) is 57.9 Å². The van der Waals surface area contributed by atoms with E-state index < -0.39 is 0 Å². The molecule has 2 aromatic heterocycles. The number of nitrogens with two attached hydrogens (primary N) is 1. The summed E-state index contributed by atoms with van der Waals surface area (Å²) in [7, 11) is 0. The number of hydrogen-bond donors (Lipinski definition) is 2. The number of aromatic nitrogens is 7. The molecule has 3 N–H and O–H groups in total. The molecule has 0 spiro atoms. The average molecular weight is 465 g/mol. The van der Waals surface area contributed by atoms with Gasteiger partial charge in [-0.25, -0.2) is 14.8 Å². The standard InChI is InChI=1S/C27H28N8/c1-2-3-4-9-25-29-27(21-14-16-22(28)17-15-21)35(32-25)18-19-10-12-20(13-11-19)23-7-5-6-8-24(23)26-30-33-34-31-26/h5-8,10-17H,2-4,9,18,28H2,1H3,(H,30,31,33,34). The van der Waals surface area contributed by atoms with E-state index in [1.165, 1.54) is 12.8 Å². The summed E-state index contributed by atoms with van der Waals surface area (Å²) in [6.07, 6.45) is 4.33. The predicted octanol–water partition coefficient (Wildman–Crippen LogP) is 5.16. The summed E-state index contributed by atoms with van der Waals surface area (Å²) in [6.45, 7) is 2.84. The minimum atomic E-state index is 0.633. The second-order valence-electron chi connectivity index (χ2n) is 8.58. The maximum atomic E-state index is 5.90. The second-order valence-corrected chi connectivity index (χ2v) is 8.58. The highest BCUT2D eigenvalue weighted by Gasteiger charge is 2.14. The van der Waals surface area contributed by atoms with Gasteiger partial charge < -0.3 is 5.73 Å². The van der Waals surface area contributed by atoms with Crippen molar-refractivity contribution in [1.82, 2.24) is 35.4 Å². The van der Waals surface area contributed by atoms with Crippen molar-refractivity contribution in [1.29, 1.82) is 0 Å². The highest BCUT2D eigenvalue weighted by Crippen LogP contribution is 2.30. The van der Waals surface area contributed by atoms with Crippen molar-refractivity contribution < 1.29 is 0 Å². The van der Waals surface area contributed by atoms with Crippen molar-refractivity contribution in [2.75, 3.05) is 5.73 Å². The number of nitrogens with one attached hydrogen (secondary N) is 1. The van der Waals surface area contributed by atoms with Crippen molar-refractivity contribution in [3.63, 3.8) is 0 Å². The van der Waals surface area contributed by atoms with Gasteiger partial charge in [0, 0.05) is 23.2 Å². The molecule has 0 unspecified atom stereocenters. The molecule has 0 bridgehead atoms. The number of hydrogen-bond acceptors (Lipinski definition) is 6. The van der Waals surface area contributed by atoms with Crippen LogP contribution in [0.2, 0.25) is 0 Å². The third-order valence-corrected chi connectivity index (χ3v) is 6.01. The molecular weight excluding hydrogens is 436 g/mol. The third kappa shape index (κ3) is 5.11. The lowest BCUT2D eigenvalue weighted by molar-refractivity contribution is 0.653. The molecule has 3 aromatic carbocycles. The van der Waals surface area contributed by atoms with Gasteiger partial charge in [0.05, 0.1) is 6.54 Å². The molecule has 176 valence electrons. The van der Waals surface area contributed by atoms with Crippen molar-refractivity contribution in [3.8, 4) is 33.9 Å². The fraction of sp³-hybridized carbons (Fsp3) is 0.222. The molecule has 0 saturated heterocycles. The molecule has 0 aliphatic heterocycles.